The Morgan fingerprint density at radius 2 is 1.77 bits per heavy atom. The highest BCUT2D eigenvalue weighted by Gasteiger charge is 2.33. The van der Waals surface area contributed by atoms with Crippen LogP contribution in [0.5, 0.6) is 5.75 Å². The van der Waals surface area contributed by atoms with E-state index in [9.17, 15) is 27.2 Å². The van der Waals surface area contributed by atoms with Crippen molar-refractivity contribution < 1.29 is 36.6 Å². The van der Waals surface area contributed by atoms with Gasteiger partial charge in [0.15, 0.2) is 5.78 Å². The zero-order valence-electron chi connectivity index (χ0n) is 15.5. The van der Waals surface area contributed by atoms with E-state index in [0.717, 1.165) is 12.1 Å². The number of amides is 1. The van der Waals surface area contributed by atoms with Crippen molar-refractivity contribution in [1.29, 1.82) is 0 Å². The van der Waals surface area contributed by atoms with Crippen LogP contribution in [0.2, 0.25) is 0 Å². The Labute approximate surface area is 169 Å². The van der Waals surface area contributed by atoms with Gasteiger partial charge in [-0.2, -0.15) is 0 Å². The summed E-state index contributed by atoms with van der Waals surface area (Å²) in [4.78, 5) is 24.6. The van der Waals surface area contributed by atoms with Crippen molar-refractivity contribution >= 4 is 17.4 Å². The molecule has 0 bridgehead atoms. The molecule has 3 rings (SSSR count). The van der Waals surface area contributed by atoms with Crippen LogP contribution >= 0.6 is 0 Å². The molecule has 1 heterocycles. The minimum atomic E-state index is -4.80. The molecule has 0 saturated carbocycles. The Morgan fingerprint density at radius 1 is 1.10 bits per heavy atom. The monoisotopic (exact) mass is 426 g/mol. The fraction of sp³-hybridized carbons (Fsp3) is 0.300. The molecule has 2 aromatic carbocycles. The predicted molar refractivity (Wildman–Crippen MR) is 98.1 cm³/mol. The molecule has 0 aliphatic carbocycles. The van der Waals surface area contributed by atoms with Crippen LogP contribution in [-0.2, 0) is 20.9 Å². The van der Waals surface area contributed by atoms with E-state index in [-0.39, 0.29) is 36.9 Å². The standard InChI is InChI=1S/C20H18F4N2O4/c21-13-3-1-12(2-4-13)11-29-18-10-25-16(9-17(18)27)19(28)26-14-5-7-15(8-6-14)30-20(22,23)24/h1-8,16,18,25H,9-11H2,(H,26,28). The third-order valence-corrected chi connectivity index (χ3v) is 4.35. The normalized spacial score (nSPS) is 19.4. The molecule has 0 spiro atoms. The molecule has 0 aromatic heterocycles. The second kappa shape index (κ2) is 9.23. The molecule has 2 atom stereocenters. The van der Waals surface area contributed by atoms with Crippen molar-refractivity contribution in [2.24, 2.45) is 0 Å². The van der Waals surface area contributed by atoms with Gasteiger partial charge in [0.2, 0.25) is 5.91 Å². The van der Waals surface area contributed by atoms with Gasteiger partial charge in [-0.3, -0.25) is 9.59 Å². The maximum Gasteiger partial charge on any atom is 0.573 e. The largest absolute Gasteiger partial charge is 0.573 e. The maximum atomic E-state index is 12.9. The number of hydrogen-bond acceptors (Lipinski definition) is 5. The lowest BCUT2D eigenvalue weighted by Gasteiger charge is -2.28. The first-order chi connectivity index (χ1) is 14.2. The summed E-state index contributed by atoms with van der Waals surface area (Å²) in [6, 6.07) is 9.56. The number of Topliss-reactive ketones (excluding diaryl/α,β-unsaturated/α-hetero) is 1. The summed E-state index contributed by atoms with van der Waals surface area (Å²) in [5.41, 5.74) is 0.973. The van der Waals surface area contributed by atoms with Crippen LogP contribution in [0.3, 0.4) is 0 Å². The molecule has 30 heavy (non-hydrogen) atoms. The number of benzene rings is 2. The van der Waals surface area contributed by atoms with Crippen LogP contribution in [-0.4, -0.2) is 36.7 Å². The quantitative estimate of drug-likeness (QED) is 0.694. The van der Waals surface area contributed by atoms with Crippen molar-refractivity contribution in [3.63, 3.8) is 0 Å². The fourth-order valence-electron chi connectivity index (χ4n) is 2.85. The highest BCUT2D eigenvalue weighted by atomic mass is 19.4. The summed E-state index contributed by atoms with van der Waals surface area (Å²) >= 11 is 0. The molecule has 0 radical (unpaired) electrons. The zero-order chi connectivity index (χ0) is 21.7. The molecule has 1 fully saturated rings. The molecule has 1 amide bonds. The van der Waals surface area contributed by atoms with E-state index < -0.39 is 30.2 Å². The van der Waals surface area contributed by atoms with Gasteiger partial charge in [-0.1, -0.05) is 12.1 Å². The number of carbonyl (C=O) groups is 2. The number of nitrogens with one attached hydrogen (secondary N) is 2. The molecule has 10 heteroatoms. The first-order valence-electron chi connectivity index (χ1n) is 8.98. The summed E-state index contributed by atoms with van der Waals surface area (Å²) in [6.07, 6.45) is -5.64. The van der Waals surface area contributed by atoms with Gasteiger partial charge in [-0.25, -0.2) is 4.39 Å². The average molecular weight is 426 g/mol. The third kappa shape index (κ3) is 6.26. The van der Waals surface area contributed by atoms with Crippen molar-refractivity contribution in [1.82, 2.24) is 5.32 Å². The zero-order valence-corrected chi connectivity index (χ0v) is 15.5. The van der Waals surface area contributed by atoms with Gasteiger partial charge in [-0.15, -0.1) is 13.2 Å². The number of rotatable bonds is 6. The number of piperidine rings is 1. The lowest BCUT2D eigenvalue weighted by atomic mass is 10.0. The second-order valence-corrected chi connectivity index (χ2v) is 6.62. The molecule has 2 aromatic rings. The van der Waals surface area contributed by atoms with Gasteiger partial charge in [-0.05, 0) is 42.0 Å². The van der Waals surface area contributed by atoms with Crippen molar-refractivity contribution in [2.75, 3.05) is 11.9 Å². The Balaban J connectivity index is 1.48. The lowest BCUT2D eigenvalue weighted by molar-refractivity contribution is -0.274. The van der Waals surface area contributed by atoms with E-state index in [1.165, 1.54) is 24.3 Å². The first kappa shape index (κ1) is 21.7. The number of alkyl halides is 3. The van der Waals surface area contributed by atoms with Crippen LogP contribution in [0.25, 0.3) is 0 Å². The summed E-state index contributed by atoms with van der Waals surface area (Å²) < 4.78 is 58.7. The lowest BCUT2D eigenvalue weighted by Crippen LogP contribution is -2.53. The maximum absolute atomic E-state index is 12.9. The molecular weight excluding hydrogens is 408 g/mol. The van der Waals surface area contributed by atoms with Gasteiger partial charge >= 0.3 is 6.36 Å². The van der Waals surface area contributed by atoms with E-state index in [0.29, 0.717) is 5.56 Å². The smallest absolute Gasteiger partial charge is 0.406 e. The van der Waals surface area contributed by atoms with Crippen LogP contribution in [0.15, 0.2) is 48.5 Å². The molecular formula is C20H18F4N2O4. The Morgan fingerprint density at radius 3 is 2.37 bits per heavy atom. The van der Waals surface area contributed by atoms with Gasteiger partial charge in [0.05, 0.1) is 12.6 Å². The number of halogens is 4. The van der Waals surface area contributed by atoms with Crippen molar-refractivity contribution in [3.05, 3.63) is 59.9 Å². The number of carbonyl (C=O) groups excluding carboxylic acids is 2. The van der Waals surface area contributed by atoms with E-state index >= 15 is 0 Å². The summed E-state index contributed by atoms with van der Waals surface area (Å²) in [7, 11) is 0. The Bertz CT molecular complexity index is 885. The fourth-order valence-corrected chi connectivity index (χ4v) is 2.85. The number of ether oxygens (including phenoxy) is 2. The van der Waals surface area contributed by atoms with E-state index in [1.54, 1.807) is 12.1 Å². The summed E-state index contributed by atoms with van der Waals surface area (Å²) in [5.74, 6) is -1.53. The SMILES string of the molecule is O=C(Nc1ccc(OC(F)(F)F)cc1)C1CC(=O)C(OCc2ccc(F)cc2)CN1. The number of anilines is 1. The van der Waals surface area contributed by atoms with E-state index in [2.05, 4.69) is 15.4 Å². The van der Waals surface area contributed by atoms with Crippen LogP contribution in [0, 0.1) is 5.82 Å². The minimum absolute atomic E-state index is 0.102. The number of hydrogen-bond donors (Lipinski definition) is 2. The highest BCUT2D eigenvalue weighted by molar-refractivity contribution is 5.99. The van der Waals surface area contributed by atoms with Crippen LogP contribution in [0.4, 0.5) is 23.2 Å². The summed E-state index contributed by atoms with van der Waals surface area (Å²) in [6.45, 7) is 0.248. The van der Waals surface area contributed by atoms with Gasteiger partial charge in [0.25, 0.3) is 0 Å². The molecule has 1 aliphatic heterocycles. The van der Waals surface area contributed by atoms with E-state index in [4.69, 9.17) is 4.74 Å². The number of ketones is 1. The van der Waals surface area contributed by atoms with Gasteiger partial charge in [0, 0.05) is 18.7 Å². The second-order valence-electron chi connectivity index (χ2n) is 6.62. The van der Waals surface area contributed by atoms with Crippen LogP contribution < -0.4 is 15.4 Å². The van der Waals surface area contributed by atoms with Gasteiger partial charge < -0.3 is 20.1 Å². The van der Waals surface area contributed by atoms with E-state index in [1.807, 2.05) is 0 Å². The molecule has 160 valence electrons. The highest BCUT2D eigenvalue weighted by Crippen LogP contribution is 2.24. The average Bonchev–Trinajstić information content (AvgIpc) is 2.68. The third-order valence-electron chi connectivity index (χ3n) is 4.35. The minimum Gasteiger partial charge on any atom is -0.406 e. The molecule has 2 unspecified atom stereocenters. The molecule has 2 N–H and O–H groups in total. The predicted octanol–water partition coefficient (Wildman–Crippen LogP) is 3.18. The van der Waals surface area contributed by atoms with Gasteiger partial charge in [0.1, 0.15) is 17.7 Å². The first-order valence-corrected chi connectivity index (χ1v) is 8.98. The molecule has 1 saturated heterocycles. The Hall–Kier alpha value is -2.98. The molecule has 1 aliphatic rings. The Kier molecular flexibility index (Phi) is 6.68. The summed E-state index contributed by atoms with van der Waals surface area (Å²) in [5, 5.41) is 5.45. The van der Waals surface area contributed by atoms with Crippen LogP contribution in [0.1, 0.15) is 12.0 Å². The van der Waals surface area contributed by atoms with Crippen molar-refractivity contribution in [3.8, 4) is 5.75 Å². The van der Waals surface area contributed by atoms with Crippen molar-refractivity contribution in [2.45, 2.75) is 31.5 Å². The molecule has 6 nitrogen and oxygen atoms in total. The topological polar surface area (TPSA) is 76.7 Å².